The SMILES string of the molecule is CCN(C)CCNCC(O)COc1cccc(C)c1. The van der Waals surface area contributed by atoms with Crippen LogP contribution in [0.2, 0.25) is 0 Å². The second-order valence-corrected chi connectivity index (χ2v) is 4.88. The third kappa shape index (κ3) is 7.15. The first-order chi connectivity index (χ1) is 9.11. The molecular weight excluding hydrogens is 240 g/mol. The molecule has 0 radical (unpaired) electrons. The minimum atomic E-state index is -0.479. The highest BCUT2D eigenvalue weighted by Gasteiger charge is 2.05. The van der Waals surface area contributed by atoms with Crippen molar-refractivity contribution in [3.63, 3.8) is 0 Å². The lowest BCUT2D eigenvalue weighted by Crippen LogP contribution is -2.36. The Balaban J connectivity index is 2.12. The maximum Gasteiger partial charge on any atom is 0.119 e. The molecule has 0 aliphatic rings. The molecule has 108 valence electrons. The van der Waals surface area contributed by atoms with Gasteiger partial charge in [-0.3, -0.25) is 0 Å². The van der Waals surface area contributed by atoms with Gasteiger partial charge in [0, 0.05) is 19.6 Å². The normalized spacial score (nSPS) is 12.7. The lowest BCUT2D eigenvalue weighted by atomic mass is 10.2. The van der Waals surface area contributed by atoms with E-state index in [1.807, 2.05) is 31.2 Å². The number of aliphatic hydroxyl groups is 1. The van der Waals surface area contributed by atoms with E-state index in [9.17, 15) is 5.11 Å². The van der Waals surface area contributed by atoms with E-state index in [0.717, 1.165) is 30.9 Å². The lowest BCUT2D eigenvalue weighted by molar-refractivity contribution is 0.106. The van der Waals surface area contributed by atoms with Crippen molar-refractivity contribution in [1.82, 2.24) is 10.2 Å². The van der Waals surface area contributed by atoms with Crippen molar-refractivity contribution in [1.29, 1.82) is 0 Å². The molecule has 0 saturated heterocycles. The third-order valence-corrected chi connectivity index (χ3v) is 3.02. The van der Waals surface area contributed by atoms with E-state index in [4.69, 9.17) is 4.74 Å². The van der Waals surface area contributed by atoms with E-state index in [-0.39, 0.29) is 0 Å². The van der Waals surface area contributed by atoms with Crippen LogP contribution in [-0.4, -0.2) is 55.9 Å². The zero-order valence-corrected chi connectivity index (χ0v) is 12.2. The molecule has 0 bridgehead atoms. The van der Waals surface area contributed by atoms with E-state index >= 15 is 0 Å². The highest BCUT2D eigenvalue weighted by Crippen LogP contribution is 2.12. The van der Waals surface area contributed by atoms with Crippen molar-refractivity contribution in [3.05, 3.63) is 29.8 Å². The summed E-state index contributed by atoms with van der Waals surface area (Å²) in [5.41, 5.74) is 1.16. The Hall–Kier alpha value is -1.10. The Labute approximate surface area is 116 Å². The Morgan fingerprint density at radius 3 is 2.89 bits per heavy atom. The second kappa shape index (κ2) is 8.91. The van der Waals surface area contributed by atoms with Gasteiger partial charge in [0.1, 0.15) is 18.5 Å². The average molecular weight is 266 g/mol. The Morgan fingerprint density at radius 1 is 1.42 bits per heavy atom. The minimum Gasteiger partial charge on any atom is -0.491 e. The molecule has 0 heterocycles. The Bertz CT molecular complexity index is 358. The average Bonchev–Trinajstić information content (AvgIpc) is 2.41. The van der Waals surface area contributed by atoms with E-state index in [1.165, 1.54) is 0 Å². The van der Waals surface area contributed by atoms with Crippen molar-refractivity contribution >= 4 is 0 Å². The predicted molar refractivity (Wildman–Crippen MR) is 78.7 cm³/mol. The first-order valence-electron chi connectivity index (χ1n) is 6.88. The second-order valence-electron chi connectivity index (χ2n) is 4.88. The van der Waals surface area contributed by atoms with Crippen LogP contribution in [-0.2, 0) is 0 Å². The summed E-state index contributed by atoms with van der Waals surface area (Å²) in [7, 11) is 2.08. The van der Waals surface area contributed by atoms with Crippen LogP contribution in [0.15, 0.2) is 24.3 Å². The minimum absolute atomic E-state index is 0.320. The van der Waals surface area contributed by atoms with Gasteiger partial charge in [0.2, 0.25) is 0 Å². The molecule has 0 aliphatic carbocycles. The van der Waals surface area contributed by atoms with Gasteiger partial charge in [0.25, 0.3) is 0 Å². The molecule has 0 aromatic heterocycles. The van der Waals surface area contributed by atoms with Crippen molar-refractivity contribution in [2.45, 2.75) is 20.0 Å². The molecule has 1 aromatic rings. The van der Waals surface area contributed by atoms with Gasteiger partial charge in [-0.1, -0.05) is 19.1 Å². The highest BCUT2D eigenvalue weighted by atomic mass is 16.5. The molecule has 19 heavy (non-hydrogen) atoms. The molecule has 0 spiro atoms. The van der Waals surface area contributed by atoms with Gasteiger partial charge in [-0.05, 0) is 38.2 Å². The Kier molecular flexibility index (Phi) is 7.48. The maximum absolute atomic E-state index is 9.80. The summed E-state index contributed by atoms with van der Waals surface area (Å²) in [6, 6.07) is 7.85. The Morgan fingerprint density at radius 2 is 2.21 bits per heavy atom. The molecule has 0 fully saturated rings. The molecule has 4 nitrogen and oxygen atoms in total. The fourth-order valence-electron chi connectivity index (χ4n) is 1.65. The number of ether oxygens (including phenoxy) is 1. The van der Waals surface area contributed by atoms with Gasteiger partial charge in [-0.15, -0.1) is 0 Å². The molecule has 1 unspecified atom stereocenters. The van der Waals surface area contributed by atoms with Crippen LogP contribution in [0.5, 0.6) is 5.75 Å². The summed E-state index contributed by atoms with van der Waals surface area (Å²) < 4.78 is 5.55. The van der Waals surface area contributed by atoms with E-state index in [1.54, 1.807) is 0 Å². The van der Waals surface area contributed by atoms with Gasteiger partial charge in [0.15, 0.2) is 0 Å². The quantitative estimate of drug-likeness (QED) is 0.661. The largest absolute Gasteiger partial charge is 0.491 e. The van der Waals surface area contributed by atoms with Crippen LogP contribution in [0.3, 0.4) is 0 Å². The standard InChI is InChI=1S/C15H26N2O2/c1-4-17(3)9-8-16-11-14(18)12-19-15-7-5-6-13(2)10-15/h5-7,10,14,16,18H,4,8-9,11-12H2,1-3H3. The van der Waals surface area contributed by atoms with E-state index in [2.05, 4.69) is 24.2 Å². The van der Waals surface area contributed by atoms with Crippen molar-refractivity contribution < 1.29 is 9.84 Å². The third-order valence-electron chi connectivity index (χ3n) is 3.02. The first kappa shape index (κ1) is 16.0. The van der Waals surface area contributed by atoms with Crippen LogP contribution in [0.4, 0.5) is 0 Å². The maximum atomic E-state index is 9.80. The summed E-state index contributed by atoms with van der Waals surface area (Å²) in [6.45, 7) is 7.94. The molecule has 0 aliphatic heterocycles. The molecule has 0 amide bonds. The number of aliphatic hydroxyl groups excluding tert-OH is 1. The summed E-state index contributed by atoms with van der Waals surface area (Å²) in [5.74, 6) is 0.810. The molecule has 1 rings (SSSR count). The van der Waals surface area contributed by atoms with Crippen LogP contribution in [0, 0.1) is 6.92 Å². The number of nitrogens with one attached hydrogen (secondary N) is 1. The fraction of sp³-hybridized carbons (Fsp3) is 0.600. The number of benzene rings is 1. The lowest BCUT2D eigenvalue weighted by Gasteiger charge is -2.16. The summed E-state index contributed by atoms with van der Waals surface area (Å²) in [4.78, 5) is 2.22. The van der Waals surface area contributed by atoms with Gasteiger partial charge < -0.3 is 20.1 Å². The summed E-state index contributed by atoms with van der Waals surface area (Å²) in [5, 5.41) is 13.0. The number of nitrogens with zero attached hydrogens (tertiary/aromatic N) is 1. The number of hydrogen-bond acceptors (Lipinski definition) is 4. The molecule has 1 atom stereocenters. The van der Waals surface area contributed by atoms with Gasteiger partial charge in [0.05, 0.1) is 0 Å². The van der Waals surface area contributed by atoms with Crippen LogP contribution < -0.4 is 10.1 Å². The van der Waals surface area contributed by atoms with Crippen molar-refractivity contribution in [3.8, 4) is 5.75 Å². The molecular formula is C15H26N2O2. The van der Waals surface area contributed by atoms with E-state index in [0.29, 0.717) is 13.2 Å². The van der Waals surface area contributed by atoms with Gasteiger partial charge in [-0.25, -0.2) is 0 Å². The summed E-state index contributed by atoms with van der Waals surface area (Å²) in [6.07, 6.45) is -0.479. The molecule has 0 saturated carbocycles. The van der Waals surface area contributed by atoms with E-state index < -0.39 is 6.10 Å². The highest BCUT2D eigenvalue weighted by molar-refractivity contribution is 5.27. The van der Waals surface area contributed by atoms with Crippen molar-refractivity contribution in [2.75, 3.05) is 39.8 Å². The number of aryl methyl sites for hydroxylation is 1. The number of hydrogen-bond donors (Lipinski definition) is 2. The summed E-state index contributed by atoms with van der Waals surface area (Å²) >= 11 is 0. The van der Waals surface area contributed by atoms with Crippen LogP contribution in [0.25, 0.3) is 0 Å². The zero-order valence-electron chi connectivity index (χ0n) is 12.2. The topological polar surface area (TPSA) is 44.7 Å². The van der Waals surface area contributed by atoms with Gasteiger partial charge >= 0.3 is 0 Å². The number of likely N-dealkylation sites (N-methyl/N-ethyl adjacent to an activating group) is 1. The van der Waals surface area contributed by atoms with Crippen LogP contribution in [0.1, 0.15) is 12.5 Å². The zero-order chi connectivity index (χ0) is 14.1. The van der Waals surface area contributed by atoms with Gasteiger partial charge in [-0.2, -0.15) is 0 Å². The number of rotatable bonds is 9. The fourth-order valence-corrected chi connectivity index (χ4v) is 1.65. The monoisotopic (exact) mass is 266 g/mol. The molecule has 2 N–H and O–H groups in total. The van der Waals surface area contributed by atoms with Crippen LogP contribution >= 0.6 is 0 Å². The smallest absolute Gasteiger partial charge is 0.119 e. The first-order valence-corrected chi connectivity index (χ1v) is 6.88. The molecule has 1 aromatic carbocycles. The molecule has 4 heteroatoms. The van der Waals surface area contributed by atoms with Crippen molar-refractivity contribution in [2.24, 2.45) is 0 Å². The predicted octanol–water partition coefficient (Wildman–Crippen LogP) is 1.28.